The van der Waals surface area contributed by atoms with Crippen LogP contribution in [0.2, 0.25) is 5.02 Å². The molecule has 0 saturated carbocycles. The number of benzene rings is 1. The first-order chi connectivity index (χ1) is 8.69. The van der Waals surface area contributed by atoms with Gasteiger partial charge in [0.1, 0.15) is 12.4 Å². The van der Waals surface area contributed by atoms with Gasteiger partial charge in [-0.05, 0) is 23.8 Å². The van der Waals surface area contributed by atoms with E-state index < -0.39 is 5.82 Å². The number of halogens is 2. The molecular weight excluding hydrogens is 257 g/mol. The molecule has 0 unspecified atom stereocenters. The van der Waals surface area contributed by atoms with Gasteiger partial charge in [0, 0.05) is 6.20 Å². The lowest BCUT2D eigenvalue weighted by Crippen LogP contribution is -1.99. The molecule has 2 rings (SSSR count). The first kappa shape index (κ1) is 12.6. The minimum absolute atomic E-state index is 0.0674. The second kappa shape index (κ2) is 5.69. The maximum Gasteiger partial charge on any atom is 0.250 e. The summed E-state index contributed by atoms with van der Waals surface area (Å²) in [6.45, 7) is 0.211. The summed E-state index contributed by atoms with van der Waals surface area (Å²) in [6.07, 6.45) is 1.34. The summed E-state index contributed by atoms with van der Waals surface area (Å²) in [5.41, 5.74) is 0.866. The van der Waals surface area contributed by atoms with Crippen molar-refractivity contribution in [2.45, 2.75) is 6.61 Å². The fourth-order valence-corrected chi connectivity index (χ4v) is 1.57. The van der Waals surface area contributed by atoms with Gasteiger partial charge in [-0.3, -0.25) is 0 Å². The van der Waals surface area contributed by atoms with E-state index in [4.69, 9.17) is 21.1 Å². The van der Waals surface area contributed by atoms with Crippen molar-refractivity contribution in [3.05, 3.63) is 52.9 Å². The Morgan fingerprint density at radius 3 is 2.89 bits per heavy atom. The first-order valence-electron chi connectivity index (χ1n) is 5.26. The predicted molar refractivity (Wildman–Crippen MR) is 66.5 cm³/mol. The normalized spacial score (nSPS) is 10.2. The lowest BCUT2D eigenvalue weighted by molar-refractivity contribution is 0.276. The van der Waals surface area contributed by atoms with Gasteiger partial charge in [-0.25, -0.2) is 9.37 Å². The molecule has 1 heterocycles. The molecule has 18 heavy (non-hydrogen) atoms. The fourth-order valence-electron chi connectivity index (χ4n) is 1.42. The average Bonchev–Trinajstić information content (AvgIpc) is 2.38. The van der Waals surface area contributed by atoms with Gasteiger partial charge in [0.2, 0.25) is 0 Å². The minimum Gasteiger partial charge on any atom is -0.497 e. The van der Waals surface area contributed by atoms with Crippen LogP contribution in [0.1, 0.15) is 5.56 Å². The van der Waals surface area contributed by atoms with Crippen LogP contribution in [0.5, 0.6) is 11.6 Å². The molecule has 0 amide bonds. The quantitative estimate of drug-likeness (QED) is 0.850. The summed E-state index contributed by atoms with van der Waals surface area (Å²) in [4.78, 5) is 3.78. The Balaban J connectivity index is 2.06. The molecule has 0 bridgehead atoms. The van der Waals surface area contributed by atoms with Crippen molar-refractivity contribution in [3.63, 3.8) is 0 Å². The van der Waals surface area contributed by atoms with Crippen LogP contribution in [0.15, 0.2) is 36.5 Å². The van der Waals surface area contributed by atoms with Gasteiger partial charge >= 0.3 is 0 Å². The Morgan fingerprint density at radius 2 is 2.17 bits per heavy atom. The molecule has 3 nitrogen and oxygen atoms in total. The maximum absolute atomic E-state index is 13.4. The third kappa shape index (κ3) is 3.11. The Labute approximate surface area is 109 Å². The van der Waals surface area contributed by atoms with Crippen molar-refractivity contribution < 1.29 is 13.9 Å². The van der Waals surface area contributed by atoms with E-state index in [0.29, 0.717) is 0 Å². The lowest BCUT2D eigenvalue weighted by Gasteiger charge is -2.07. The molecule has 0 saturated heterocycles. The minimum atomic E-state index is -0.578. The van der Waals surface area contributed by atoms with E-state index in [9.17, 15) is 4.39 Å². The largest absolute Gasteiger partial charge is 0.497 e. The van der Waals surface area contributed by atoms with Gasteiger partial charge in [0.15, 0.2) is 5.82 Å². The summed E-state index contributed by atoms with van der Waals surface area (Å²) in [7, 11) is 1.58. The summed E-state index contributed by atoms with van der Waals surface area (Å²) >= 11 is 5.60. The second-order valence-electron chi connectivity index (χ2n) is 3.58. The van der Waals surface area contributed by atoms with Crippen LogP contribution in [0, 0.1) is 5.82 Å². The van der Waals surface area contributed by atoms with Gasteiger partial charge in [0.05, 0.1) is 12.1 Å². The molecule has 0 aliphatic rings. The molecule has 0 aliphatic heterocycles. The van der Waals surface area contributed by atoms with Gasteiger partial charge in [-0.2, -0.15) is 0 Å². The maximum atomic E-state index is 13.4. The van der Waals surface area contributed by atoms with Crippen LogP contribution in [-0.4, -0.2) is 12.1 Å². The molecule has 0 N–H and O–H groups in total. The highest BCUT2D eigenvalue weighted by molar-refractivity contribution is 6.30. The molecule has 94 valence electrons. The van der Waals surface area contributed by atoms with E-state index in [1.807, 2.05) is 24.3 Å². The van der Waals surface area contributed by atoms with Crippen molar-refractivity contribution >= 4 is 11.6 Å². The van der Waals surface area contributed by atoms with Crippen molar-refractivity contribution in [2.75, 3.05) is 7.11 Å². The predicted octanol–water partition coefficient (Wildman–Crippen LogP) is 3.46. The number of hydrogen-bond donors (Lipinski definition) is 0. The standard InChI is InChI=1S/C13H11ClFNO2/c1-17-11-4-2-3-9(5-11)8-18-13-12(15)6-10(14)7-16-13/h2-7H,8H2,1H3. The number of methoxy groups -OCH3 is 1. The van der Waals surface area contributed by atoms with Gasteiger partial charge in [-0.15, -0.1) is 0 Å². The summed E-state index contributed by atoms with van der Waals surface area (Å²) in [6, 6.07) is 8.49. The van der Waals surface area contributed by atoms with Crippen molar-refractivity contribution in [2.24, 2.45) is 0 Å². The molecule has 0 radical (unpaired) electrons. The highest BCUT2D eigenvalue weighted by Gasteiger charge is 2.06. The third-order valence-corrected chi connectivity index (χ3v) is 2.49. The number of ether oxygens (including phenoxy) is 2. The van der Waals surface area contributed by atoms with Crippen molar-refractivity contribution in [1.82, 2.24) is 4.98 Å². The Hall–Kier alpha value is -1.81. The highest BCUT2D eigenvalue weighted by Crippen LogP contribution is 2.19. The summed E-state index contributed by atoms with van der Waals surface area (Å²) in [5, 5.41) is 0.237. The molecule has 0 atom stereocenters. The topological polar surface area (TPSA) is 31.4 Å². The Morgan fingerprint density at radius 1 is 1.33 bits per heavy atom. The number of nitrogens with zero attached hydrogens (tertiary/aromatic N) is 1. The monoisotopic (exact) mass is 267 g/mol. The zero-order valence-electron chi connectivity index (χ0n) is 9.69. The SMILES string of the molecule is COc1cccc(COc2ncc(Cl)cc2F)c1. The molecule has 2 aromatic rings. The van der Waals surface area contributed by atoms with Crippen LogP contribution in [0.3, 0.4) is 0 Å². The Bertz CT molecular complexity index is 548. The third-order valence-electron chi connectivity index (χ3n) is 2.28. The smallest absolute Gasteiger partial charge is 0.250 e. The summed E-state index contributed by atoms with van der Waals surface area (Å²) in [5.74, 6) is 0.0771. The zero-order valence-corrected chi connectivity index (χ0v) is 10.4. The van der Waals surface area contributed by atoms with E-state index in [-0.39, 0.29) is 17.5 Å². The second-order valence-corrected chi connectivity index (χ2v) is 4.02. The van der Waals surface area contributed by atoms with Gasteiger partial charge < -0.3 is 9.47 Å². The van der Waals surface area contributed by atoms with E-state index in [0.717, 1.165) is 17.4 Å². The van der Waals surface area contributed by atoms with Crippen molar-refractivity contribution in [1.29, 1.82) is 0 Å². The molecule has 0 fully saturated rings. The van der Waals surface area contributed by atoms with E-state index >= 15 is 0 Å². The van der Waals surface area contributed by atoms with E-state index in [2.05, 4.69) is 4.98 Å². The van der Waals surface area contributed by atoms with Crippen LogP contribution >= 0.6 is 11.6 Å². The first-order valence-corrected chi connectivity index (χ1v) is 5.63. The lowest BCUT2D eigenvalue weighted by atomic mass is 10.2. The van der Waals surface area contributed by atoms with Gasteiger partial charge in [0.25, 0.3) is 5.88 Å². The van der Waals surface area contributed by atoms with Gasteiger partial charge in [-0.1, -0.05) is 23.7 Å². The molecule has 1 aromatic heterocycles. The molecule has 0 spiro atoms. The van der Waals surface area contributed by atoms with Crippen LogP contribution in [0.25, 0.3) is 0 Å². The molecule has 1 aromatic carbocycles. The average molecular weight is 268 g/mol. The number of hydrogen-bond acceptors (Lipinski definition) is 3. The van der Waals surface area contributed by atoms with Crippen molar-refractivity contribution in [3.8, 4) is 11.6 Å². The fraction of sp³-hybridized carbons (Fsp3) is 0.154. The van der Waals surface area contributed by atoms with Crippen LogP contribution in [-0.2, 0) is 6.61 Å². The van der Waals surface area contributed by atoms with Crippen LogP contribution in [0.4, 0.5) is 4.39 Å². The number of pyridine rings is 1. The highest BCUT2D eigenvalue weighted by atomic mass is 35.5. The Kier molecular flexibility index (Phi) is 3.99. The zero-order chi connectivity index (χ0) is 13.0. The van der Waals surface area contributed by atoms with E-state index in [1.54, 1.807) is 7.11 Å². The van der Waals surface area contributed by atoms with Crippen LogP contribution < -0.4 is 9.47 Å². The molecular formula is C13H11ClFNO2. The molecule has 0 aliphatic carbocycles. The summed E-state index contributed by atoms with van der Waals surface area (Å²) < 4.78 is 23.8. The van der Waals surface area contributed by atoms with E-state index in [1.165, 1.54) is 6.20 Å². The number of aromatic nitrogens is 1. The molecule has 5 heteroatoms. The number of rotatable bonds is 4.